The maximum Gasteiger partial charge on any atom is 0.152 e. The average molecular weight is 166 g/mol. The molecule has 3 N–H and O–H groups in total. The summed E-state index contributed by atoms with van der Waals surface area (Å²) in [5.74, 6) is 0.735. The molecule has 0 radical (unpaired) electrons. The summed E-state index contributed by atoms with van der Waals surface area (Å²) < 4.78 is 0. The van der Waals surface area contributed by atoms with Crippen molar-refractivity contribution in [2.75, 3.05) is 17.6 Å². The molecule has 0 bridgehead atoms. The first-order valence-electron chi connectivity index (χ1n) is 4.14. The molecule has 0 amide bonds. The van der Waals surface area contributed by atoms with Crippen LogP contribution in [0.25, 0.3) is 0 Å². The van der Waals surface area contributed by atoms with Gasteiger partial charge in [-0.15, -0.1) is 0 Å². The van der Waals surface area contributed by atoms with Crippen molar-refractivity contribution >= 4 is 11.5 Å². The second-order valence-corrected chi connectivity index (χ2v) is 2.61. The molecule has 0 saturated carbocycles. The van der Waals surface area contributed by atoms with Gasteiger partial charge >= 0.3 is 0 Å². The zero-order chi connectivity index (χ0) is 8.81. The number of nitrogens with one attached hydrogen (secondary N) is 1. The number of nitrogens with two attached hydrogens (primary N) is 1. The summed E-state index contributed by atoms with van der Waals surface area (Å²) in [5.41, 5.74) is 6.22. The van der Waals surface area contributed by atoms with Gasteiger partial charge in [-0.2, -0.15) is 0 Å². The first-order chi connectivity index (χ1) is 5.84. The summed E-state index contributed by atoms with van der Waals surface area (Å²) in [4.78, 5) is 7.80. The fourth-order valence-corrected chi connectivity index (χ4v) is 0.872. The minimum Gasteiger partial charge on any atom is -0.394 e. The highest BCUT2D eigenvalue weighted by atomic mass is 15.0. The molecule has 12 heavy (non-hydrogen) atoms. The van der Waals surface area contributed by atoms with Crippen molar-refractivity contribution in [1.82, 2.24) is 9.97 Å². The van der Waals surface area contributed by atoms with Gasteiger partial charge in [0.25, 0.3) is 0 Å². The molecule has 1 rings (SSSR count). The van der Waals surface area contributed by atoms with Crippen LogP contribution < -0.4 is 11.1 Å². The Kier molecular flexibility index (Phi) is 3.32. The molecule has 66 valence electrons. The third-order valence-corrected chi connectivity index (χ3v) is 1.56. The van der Waals surface area contributed by atoms with Crippen LogP contribution in [-0.4, -0.2) is 16.5 Å². The monoisotopic (exact) mass is 166 g/mol. The van der Waals surface area contributed by atoms with Crippen LogP contribution in [0.5, 0.6) is 0 Å². The van der Waals surface area contributed by atoms with E-state index in [0.29, 0.717) is 5.69 Å². The van der Waals surface area contributed by atoms with Crippen LogP contribution in [0, 0.1) is 0 Å². The Balaban J connectivity index is 2.46. The second kappa shape index (κ2) is 4.54. The third-order valence-electron chi connectivity index (χ3n) is 1.56. The van der Waals surface area contributed by atoms with Crippen LogP contribution in [-0.2, 0) is 0 Å². The van der Waals surface area contributed by atoms with Gasteiger partial charge in [-0.1, -0.05) is 13.3 Å². The third kappa shape index (κ3) is 2.38. The fraction of sp³-hybridized carbons (Fsp3) is 0.500. The number of hydrogen-bond donors (Lipinski definition) is 2. The lowest BCUT2D eigenvalue weighted by Crippen LogP contribution is -2.05. The lowest BCUT2D eigenvalue weighted by Gasteiger charge is -2.05. The Hall–Kier alpha value is -1.32. The summed E-state index contributed by atoms with van der Waals surface area (Å²) >= 11 is 0. The maximum absolute atomic E-state index is 5.62. The van der Waals surface area contributed by atoms with Crippen molar-refractivity contribution in [3.8, 4) is 0 Å². The summed E-state index contributed by atoms with van der Waals surface area (Å²) in [6.45, 7) is 3.06. The molecule has 0 saturated heterocycles. The number of nitrogen functional groups attached to an aromatic ring is 1. The maximum atomic E-state index is 5.62. The number of nitrogens with zero attached hydrogens (tertiary/aromatic N) is 2. The van der Waals surface area contributed by atoms with Gasteiger partial charge in [0, 0.05) is 6.54 Å². The molecule has 4 heteroatoms. The van der Waals surface area contributed by atoms with E-state index in [4.69, 9.17) is 5.73 Å². The van der Waals surface area contributed by atoms with Crippen LogP contribution in [0.3, 0.4) is 0 Å². The normalized spacial score (nSPS) is 9.75. The van der Waals surface area contributed by atoms with E-state index in [2.05, 4.69) is 22.2 Å². The van der Waals surface area contributed by atoms with E-state index in [0.717, 1.165) is 25.2 Å². The molecule has 0 atom stereocenters. The first-order valence-corrected chi connectivity index (χ1v) is 4.14. The van der Waals surface area contributed by atoms with Crippen LogP contribution in [0.15, 0.2) is 12.5 Å². The Bertz CT molecular complexity index is 236. The molecule has 0 aliphatic rings. The second-order valence-electron chi connectivity index (χ2n) is 2.61. The zero-order valence-electron chi connectivity index (χ0n) is 7.25. The highest BCUT2D eigenvalue weighted by Crippen LogP contribution is 2.10. The minimum atomic E-state index is 0.605. The number of rotatable bonds is 4. The quantitative estimate of drug-likeness (QED) is 0.661. The number of hydrogen-bond acceptors (Lipinski definition) is 4. The smallest absolute Gasteiger partial charge is 0.152 e. The van der Waals surface area contributed by atoms with Crippen LogP contribution in [0.2, 0.25) is 0 Å². The van der Waals surface area contributed by atoms with Gasteiger partial charge in [0.2, 0.25) is 0 Å². The van der Waals surface area contributed by atoms with Crippen molar-refractivity contribution in [3.63, 3.8) is 0 Å². The minimum absolute atomic E-state index is 0.605. The Morgan fingerprint density at radius 3 is 3.08 bits per heavy atom. The molecule has 0 unspecified atom stereocenters. The zero-order valence-corrected chi connectivity index (χ0v) is 7.25. The van der Waals surface area contributed by atoms with Crippen molar-refractivity contribution < 1.29 is 0 Å². The summed E-state index contributed by atoms with van der Waals surface area (Å²) in [7, 11) is 0. The largest absolute Gasteiger partial charge is 0.394 e. The van der Waals surface area contributed by atoms with Crippen LogP contribution >= 0.6 is 0 Å². The molecular formula is C8H14N4. The summed E-state index contributed by atoms with van der Waals surface area (Å²) in [6, 6.07) is 0. The highest BCUT2D eigenvalue weighted by Gasteiger charge is 1.96. The number of unbranched alkanes of at least 4 members (excludes halogenated alkanes) is 1. The van der Waals surface area contributed by atoms with Gasteiger partial charge in [0.15, 0.2) is 5.82 Å². The fourth-order valence-electron chi connectivity index (χ4n) is 0.872. The predicted molar refractivity (Wildman–Crippen MR) is 49.8 cm³/mol. The molecule has 0 aliphatic carbocycles. The lowest BCUT2D eigenvalue weighted by atomic mass is 10.3. The van der Waals surface area contributed by atoms with Crippen LogP contribution in [0.1, 0.15) is 19.8 Å². The van der Waals surface area contributed by atoms with Gasteiger partial charge < -0.3 is 11.1 Å². The van der Waals surface area contributed by atoms with E-state index in [-0.39, 0.29) is 0 Å². The van der Waals surface area contributed by atoms with Crippen molar-refractivity contribution in [2.45, 2.75) is 19.8 Å². The van der Waals surface area contributed by atoms with E-state index in [1.807, 2.05) is 0 Å². The van der Waals surface area contributed by atoms with Crippen LogP contribution in [0.4, 0.5) is 11.5 Å². The number of aromatic nitrogens is 2. The molecule has 4 nitrogen and oxygen atoms in total. The Morgan fingerprint density at radius 2 is 2.42 bits per heavy atom. The molecule has 1 aromatic heterocycles. The highest BCUT2D eigenvalue weighted by molar-refractivity contribution is 5.58. The number of anilines is 2. The van der Waals surface area contributed by atoms with Gasteiger partial charge in [-0.05, 0) is 6.42 Å². The molecule has 0 aromatic carbocycles. The molecule has 0 spiro atoms. The predicted octanol–water partition coefficient (Wildman–Crippen LogP) is 1.27. The average Bonchev–Trinajstić information content (AvgIpc) is 2.09. The van der Waals surface area contributed by atoms with E-state index in [9.17, 15) is 0 Å². The Morgan fingerprint density at radius 1 is 1.58 bits per heavy atom. The molecular weight excluding hydrogens is 152 g/mol. The van der Waals surface area contributed by atoms with Gasteiger partial charge in [-0.25, -0.2) is 9.97 Å². The first kappa shape index (κ1) is 8.77. The standard InChI is InChI=1S/C8H14N4/c1-2-3-4-11-8-7(9)5-10-6-12-8/h5-6H,2-4,9H2,1H3,(H,10,11,12). The van der Waals surface area contributed by atoms with Gasteiger partial charge in [-0.3, -0.25) is 0 Å². The SMILES string of the molecule is CCCCNc1ncncc1N. The van der Waals surface area contributed by atoms with Crippen molar-refractivity contribution in [2.24, 2.45) is 0 Å². The van der Waals surface area contributed by atoms with Crippen molar-refractivity contribution in [1.29, 1.82) is 0 Å². The van der Waals surface area contributed by atoms with Gasteiger partial charge in [0.05, 0.1) is 11.9 Å². The van der Waals surface area contributed by atoms with E-state index < -0.39 is 0 Å². The summed E-state index contributed by atoms with van der Waals surface area (Å²) in [5, 5.41) is 3.14. The summed E-state index contributed by atoms with van der Waals surface area (Å²) in [6.07, 6.45) is 5.38. The van der Waals surface area contributed by atoms with Gasteiger partial charge in [0.1, 0.15) is 6.33 Å². The Labute approximate surface area is 72.2 Å². The molecule has 0 fully saturated rings. The van der Waals surface area contributed by atoms with Crippen molar-refractivity contribution in [3.05, 3.63) is 12.5 Å². The molecule has 0 aliphatic heterocycles. The molecule has 1 heterocycles. The lowest BCUT2D eigenvalue weighted by molar-refractivity contribution is 0.830. The topological polar surface area (TPSA) is 63.8 Å². The van der Waals surface area contributed by atoms with E-state index in [1.165, 1.54) is 6.33 Å². The van der Waals surface area contributed by atoms with E-state index in [1.54, 1.807) is 6.20 Å². The molecule has 1 aromatic rings. The van der Waals surface area contributed by atoms with E-state index >= 15 is 0 Å².